The lowest BCUT2D eigenvalue weighted by molar-refractivity contribution is 0.0526. The Morgan fingerprint density at radius 1 is 1.17 bits per heavy atom. The summed E-state index contributed by atoms with van der Waals surface area (Å²) in [6.07, 6.45) is 0. The van der Waals surface area contributed by atoms with E-state index in [1.54, 1.807) is 31.2 Å². The van der Waals surface area contributed by atoms with Crippen LogP contribution in [0.4, 0.5) is 0 Å². The van der Waals surface area contributed by atoms with Crippen molar-refractivity contribution in [2.75, 3.05) is 6.61 Å². The highest BCUT2D eigenvalue weighted by molar-refractivity contribution is 5.94. The number of aromatic hydroxyl groups is 1. The van der Waals surface area contributed by atoms with Gasteiger partial charge in [-0.3, -0.25) is 4.79 Å². The summed E-state index contributed by atoms with van der Waals surface area (Å²) in [6.45, 7) is 1.94. The molecule has 0 atom stereocenters. The molecule has 0 fully saturated rings. The number of rotatable bonds is 3. The molecule has 0 saturated heterocycles. The molecule has 0 aliphatic heterocycles. The van der Waals surface area contributed by atoms with E-state index in [0.717, 1.165) is 0 Å². The number of carbonyl (C=O) groups excluding carboxylic acids is 1. The van der Waals surface area contributed by atoms with Crippen LogP contribution in [0.2, 0.25) is 0 Å². The van der Waals surface area contributed by atoms with Crippen molar-refractivity contribution in [3.05, 3.63) is 64.3 Å². The van der Waals surface area contributed by atoms with Gasteiger partial charge in [0.25, 0.3) is 0 Å². The van der Waals surface area contributed by atoms with E-state index in [9.17, 15) is 14.7 Å². The summed E-state index contributed by atoms with van der Waals surface area (Å²) in [4.78, 5) is 24.1. The third-order valence-corrected chi connectivity index (χ3v) is 3.41. The van der Waals surface area contributed by atoms with E-state index >= 15 is 0 Å². The molecule has 5 nitrogen and oxygen atoms in total. The molecule has 116 valence electrons. The van der Waals surface area contributed by atoms with Gasteiger partial charge in [-0.05, 0) is 25.1 Å². The second-order valence-electron chi connectivity index (χ2n) is 4.91. The number of hydrogen-bond donors (Lipinski definition) is 1. The van der Waals surface area contributed by atoms with Crippen molar-refractivity contribution in [1.82, 2.24) is 0 Å². The minimum atomic E-state index is -0.587. The second-order valence-corrected chi connectivity index (χ2v) is 4.91. The number of hydrogen-bond acceptors (Lipinski definition) is 5. The molecular formula is C18H14O5. The van der Waals surface area contributed by atoms with Crippen molar-refractivity contribution < 1.29 is 19.1 Å². The van der Waals surface area contributed by atoms with Crippen molar-refractivity contribution in [1.29, 1.82) is 0 Å². The quantitative estimate of drug-likeness (QED) is 0.751. The van der Waals surface area contributed by atoms with Crippen LogP contribution >= 0.6 is 0 Å². The third-order valence-electron chi connectivity index (χ3n) is 3.41. The Kier molecular flexibility index (Phi) is 3.85. The largest absolute Gasteiger partial charge is 0.502 e. The molecule has 0 saturated carbocycles. The highest BCUT2D eigenvalue weighted by atomic mass is 16.5. The predicted octanol–water partition coefficient (Wildman–Crippen LogP) is 3.34. The summed E-state index contributed by atoms with van der Waals surface area (Å²) < 4.78 is 10.6. The van der Waals surface area contributed by atoms with Crippen LogP contribution < -0.4 is 5.43 Å². The van der Waals surface area contributed by atoms with Crippen molar-refractivity contribution in [2.45, 2.75) is 6.92 Å². The van der Waals surface area contributed by atoms with Crippen molar-refractivity contribution >= 4 is 16.9 Å². The monoisotopic (exact) mass is 310 g/mol. The molecule has 3 rings (SSSR count). The Hall–Kier alpha value is -3.08. The number of carbonyl (C=O) groups is 1. The summed E-state index contributed by atoms with van der Waals surface area (Å²) in [7, 11) is 0. The van der Waals surface area contributed by atoms with Gasteiger partial charge >= 0.3 is 5.97 Å². The van der Waals surface area contributed by atoms with Gasteiger partial charge in [-0.25, -0.2) is 4.79 Å². The Morgan fingerprint density at radius 2 is 1.91 bits per heavy atom. The molecule has 0 aliphatic rings. The maximum atomic E-state index is 12.4. The fraction of sp³-hybridized carbons (Fsp3) is 0.111. The predicted molar refractivity (Wildman–Crippen MR) is 85.5 cm³/mol. The Bertz CT molecular complexity index is 925. The first-order valence-electron chi connectivity index (χ1n) is 7.14. The summed E-state index contributed by atoms with van der Waals surface area (Å²) in [5.74, 6) is -0.905. The van der Waals surface area contributed by atoms with Gasteiger partial charge in [0.05, 0.1) is 17.6 Å². The average Bonchev–Trinajstić information content (AvgIpc) is 2.58. The van der Waals surface area contributed by atoms with Crippen molar-refractivity contribution in [3.63, 3.8) is 0 Å². The van der Waals surface area contributed by atoms with E-state index in [1.165, 1.54) is 18.2 Å². The lowest BCUT2D eigenvalue weighted by Crippen LogP contribution is -2.07. The topological polar surface area (TPSA) is 76.7 Å². The zero-order valence-corrected chi connectivity index (χ0v) is 12.4. The molecule has 1 N–H and O–H groups in total. The van der Waals surface area contributed by atoms with E-state index in [2.05, 4.69) is 0 Å². The SMILES string of the molecule is CCOC(=O)c1ccc2oc(-c3ccccc3)c(O)c(=O)c2c1. The highest BCUT2D eigenvalue weighted by Crippen LogP contribution is 2.30. The van der Waals surface area contributed by atoms with Crippen LogP contribution in [0.1, 0.15) is 17.3 Å². The normalized spacial score (nSPS) is 10.7. The first-order chi connectivity index (χ1) is 11.1. The van der Waals surface area contributed by atoms with Gasteiger partial charge in [-0.1, -0.05) is 30.3 Å². The average molecular weight is 310 g/mol. The van der Waals surface area contributed by atoms with E-state index in [4.69, 9.17) is 9.15 Å². The van der Waals surface area contributed by atoms with E-state index in [1.807, 2.05) is 6.07 Å². The molecular weight excluding hydrogens is 296 g/mol. The maximum absolute atomic E-state index is 12.4. The second kappa shape index (κ2) is 5.96. The molecule has 5 heteroatoms. The van der Waals surface area contributed by atoms with E-state index in [-0.39, 0.29) is 23.3 Å². The van der Waals surface area contributed by atoms with Crippen LogP contribution in [0.3, 0.4) is 0 Å². The number of fused-ring (bicyclic) bond motifs is 1. The molecule has 23 heavy (non-hydrogen) atoms. The molecule has 0 radical (unpaired) electrons. The summed E-state index contributed by atoms with van der Waals surface area (Å²) in [6, 6.07) is 13.3. The first kappa shape index (κ1) is 14.8. The van der Waals surface area contributed by atoms with Gasteiger partial charge in [-0.2, -0.15) is 0 Å². The summed E-state index contributed by atoms with van der Waals surface area (Å²) in [5.41, 5.74) is 0.535. The number of benzene rings is 2. The zero-order chi connectivity index (χ0) is 16.4. The molecule has 1 aromatic heterocycles. The van der Waals surface area contributed by atoms with Gasteiger partial charge in [0, 0.05) is 5.56 Å². The van der Waals surface area contributed by atoms with Gasteiger partial charge in [0.15, 0.2) is 5.76 Å². The Morgan fingerprint density at radius 3 is 2.61 bits per heavy atom. The molecule has 0 bridgehead atoms. The van der Waals surface area contributed by atoms with E-state index < -0.39 is 17.1 Å². The van der Waals surface area contributed by atoms with Crippen LogP contribution in [-0.4, -0.2) is 17.7 Å². The third kappa shape index (κ3) is 2.68. The minimum Gasteiger partial charge on any atom is -0.502 e. The molecule has 3 aromatic rings. The zero-order valence-electron chi connectivity index (χ0n) is 12.4. The molecule has 2 aromatic carbocycles. The Balaban J connectivity index is 2.19. The molecule has 0 amide bonds. The van der Waals surface area contributed by atoms with Gasteiger partial charge in [0.1, 0.15) is 5.58 Å². The molecule has 1 heterocycles. The summed E-state index contributed by atoms with van der Waals surface area (Å²) in [5, 5.41) is 10.3. The van der Waals surface area contributed by atoms with Crippen LogP contribution in [0.5, 0.6) is 5.75 Å². The highest BCUT2D eigenvalue weighted by Gasteiger charge is 2.17. The van der Waals surface area contributed by atoms with Gasteiger partial charge in [0.2, 0.25) is 11.2 Å². The smallest absolute Gasteiger partial charge is 0.338 e. The fourth-order valence-corrected chi connectivity index (χ4v) is 2.31. The van der Waals surface area contributed by atoms with Crippen molar-refractivity contribution in [3.8, 4) is 17.1 Å². The van der Waals surface area contributed by atoms with Gasteiger partial charge < -0.3 is 14.3 Å². The lowest BCUT2D eigenvalue weighted by Gasteiger charge is -2.07. The van der Waals surface area contributed by atoms with Crippen molar-refractivity contribution in [2.24, 2.45) is 0 Å². The van der Waals surface area contributed by atoms with Crippen LogP contribution in [0, 0.1) is 0 Å². The van der Waals surface area contributed by atoms with Gasteiger partial charge in [-0.15, -0.1) is 0 Å². The fourth-order valence-electron chi connectivity index (χ4n) is 2.31. The van der Waals surface area contributed by atoms with Crippen LogP contribution in [0.25, 0.3) is 22.3 Å². The molecule has 0 spiro atoms. The van der Waals surface area contributed by atoms with Crippen LogP contribution in [0.15, 0.2) is 57.7 Å². The van der Waals surface area contributed by atoms with E-state index in [0.29, 0.717) is 11.1 Å². The number of esters is 1. The molecule has 0 unspecified atom stereocenters. The number of ether oxygens (including phenoxy) is 1. The minimum absolute atomic E-state index is 0.104. The summed E-state index contributed by atoms with van der Waals surface area (Å²) >= 11 is 0. The van der Waals surface area contributed by atoms with Crippen LogP contribution in [-0.2, 0) is 4.74 Å². The Labute approximate surface area is 131 Å². The first-order valence-corrected chi connectivity index (χ1v) is 7.14. The lowest BCUT2D eigenvalue weighted by atomic mass is 10.1. The standard InChI is InChI=1S/C18H14O5/c1-2-22-18(21)12-8-9-14-13(10-12)15(19)16(20)17(23-14)11-6-4-3-5-7-11/h3-10,20H,2H2,1H3. The molecule has 0 aliphatic carbocycles. The maximum Gasteiger partial charge on any atom is 0.338 e.